The third kappa shape index (κ3) is 3.06. The Morgan fingerprint density at radius 1 is 1.50 bits per heavy atom. The Morgan fingerprint density at radius 2 is 2.33 bits per heavy atom. The quantitative estimate of drug-likeness (QED) is 0.811. The van der Waals surface area contributed by atoms with Gasteiger partial charge < -0.3 is 10.2 Å². The van der Waals surface area contributed by atoms with E-state index in [2.05, 4.69) is 43.4 Å². The number of nitrogens with two attached hydrogens (primary N) is 1. The molecule has 2 N–H and O–H groups in total. The number of carbonyl (C=O) groups excluding carboxylic acids is 1. The van der Waals surface area contributed by atoms with Crippen LogP contribution in [-0.2, 0) is 4.79 Å². The van der Waals surface area contributed by atoms with E-state index in [0.29, 0.717) is 5.75 Å². The predicted octanol–water partition coefficient (Wildman–Crippen LogP) is 1.15. The molecule has 1 heterocycles. The molecule has 98 valence electrons. The molecule has 1 aliphatic heterocycles. The maximum absolute atomic E-state index is 11.9. The van der Waals surface area contributed by atoms with Crippen LogP contribution in [0.5, 0.6) is 0 Å². The van der Waals surface area contributed by atoms with E-state index in [4.69, 9.17) is 0 Å². The van der Waals surface area contributed by atoms with Crippen molar-refractivity contribution >= 4 is 17.7 Å². The molecule has 4 heteroatoms. The topological polar surface area (TPSA) is 36.9 Å². The van der Waals surface area contributed by atoms with Crippen molar-refractivity contribution in [1.29, 1.82) is 0 Å². The highest BCUT2D eigenvalue weighted by Crippen LogP contribution is 2.38. The fraction of sp³-hybridized carbons (Fsp3) is 0.500. The van der Waals surface area contributed by atoms with Gasteiger partial charge in [0.2, 0.25) is 5.91 Å². The van der Waals surface area contributed by atoms with Crippen LogP contribution in [0, 0.1) is 6.92 Å². The van der Waals surface area contributed by atoms with Crippen LogP contribution in [-0.4, -0.2) is 36.2 Å². The van der Waals surface area contributed by atoms with Crippen LogP contribution in [0.25, 0.3) is 0 Å². The molecule has 0 bridgehead atoms. The number of benzene rings is 1. The van der Waals surface area contributed by atoms with Crippen molar-refractivity contribution in [3.63, 3.8) is 0 Å². The van der Waals surface area contributed by atoms with Gasteiger partial charge in [-0.2, -0.15) is 0 Å². The number of nitrogens with zero attached hydrogens (tertiary/aromatic N) is 1. The molecule has 1 amide bonds. The van der Waals surface area contributed by atoms with Crippen molar-refractivity contribution in [3.05, 3.63) is 35.4 Å². The van der Waals surface area contributed by atoms with E-state index in [9.17, 15) is 4.79 Å². The van der Waals surface area contributed by atoms with Gasteiger partial charge in [0, 0.05) is 0 Å². The summed E-state index contributed by atoms with van der Waals surface area (Å²) in [5.41, 5.74) is 2.51. The number of carbonyl (C=O) groups is 1. The highest BCUT2D eigenvalue weighted by molar-refractivity contribution is 8.00. The average molecular weight is 265 g/mol. The minimum Gasteiger partial charge on any atom is -0.345 e. The summed E-state index contributed by atoms with van der Waals surface area (Å²) < 4.78 is 0. The van der Waals surface area contributed by atoms with Crippen molar-refractivity contribution in [2.75, 3.05) is 25.4 Å². The van der Waals surface area contributed by atoms with E-state index < -0.39 is 0 Å². The molecule has 0 spiro atoms. The Bertz CT molecular complexity index is 422. The fourth-order valence-corrected chi connectivity index (χ4v) is 3.44. The average Bonchev–Trinajstić information content (AvgIpc) is 2.72. The van der Waals surface area contributed by atoms with E-state index >= 15 is 0 Å². The molecule has 1 atom stereocenters. The van der Waals surface area contributed by atoms with Gasteiger partial charge in [0.1, 0.15) is 5.37 Å². The predicted molar refractivity (Wildman–Crippen MR) is 75.4 cm³/mol. The van der Waals surface area contributed by atoms with E-state index in [-0.39, 0.29) is 11.3 Å². The smallest absolute Gasteiger partial charge is 0.234 e. The molecule has 1 aromatic carbocycles. The molecule has 0 aromatic heterocycles. The summed E-state index contributed by atoms with van der Waals surface area (Å²) in [7, 11) is 0. The molecule has 18 heavy (non-hydrogen) atoms. The Kier molecular flexibility index (Phi) is 4.66. The molecule has 0 radical (unpaired) electrons. The summed E-state index contributed by atoms with van der Waals surface area (Å²) in [5, 5.41) is 2.45. The number of hydrogen-bond donors (Lipinski definition) is 1. The molecule has 2 rings (SSSR count). The lowest BCUT2D eigenvalue weighted by Crippen LogP contribution is -2.85. The van der Waals surface area contributed by atoms with Gasteiger partial charge in [0.25, 0.3) is 0 Å². The molecule has 0 unspecified atom stereocenters. The highest BCUT2D eigenvalue weighted by atomic mass is 32.2. The van der Waals surface area contributed by atoms with E-state index in [1.54, 1.807) is 11.8 Å². The van der Waals surface area contributed by atoms with Crippen molar-refractivity contribution < 1.29 is 10.1 Å². The molecule has 3 nitrogen and oxygen atoms in total. The molecule has 1 fully saturated rings. The molecule has 0 aliphatic carbocycles. The number of quaternary nitrogens is 1. The van der Waals surface area contributed by atoms with Crippen LogP contribution in [0.1, 0.15) is 23.4 Å². The van der Waals surface area contributed by atoms with Crippen molar-refractivity contribution in [2.24, 2.45) is 0 Å². The first-order valence-electron chi connectivity index (χ1n) is 6.51. The van der Waals surface area contributed by atoms with Gasteiger partial charge in [-0.3, -0.25) is 4.79 Å². The van der Waals surface area contributed by atoms with Crippen LogP contribution >= 0.6 is 11.8 Å². The van der Waals surface area contributed by atoms with Crippen molar-refractivity contribution in [3.8, 4) is 0 Å². The molecule has 1 saturated heterocycles. The van der Waals surface area contributed by atoms with Crippen LogP contribution in [0.3, 0.4) is 0 Å². The van der Waals surface area contributed by atoms with Gasteiger partial charge in [0.15, 0.2) is 0 Å². The maximum atomic E-state index is 11.9. The minimum absolute atomic E-state index is 0.211. The van der Waals surface area contributed by atoms with Gasteiger partial charge in [-0.15, -0.1) is 11.8 Å². The van der Waals surface area contributed by atoms with Gasteiger partial charge in [-0.25, -0.2) is 0 Å². The number of amides is 1. The SMILES string of the molecule is CC[NH2+]CCN1C(=O)CS[C@H]1c1cccc(C)c1. The normalized spacial score (nSPS) is 19.6. The second-order valence-corrected chi connectivity index (χ2v) is 5.72. The number of aryl methyl sites for hydroxylation is 1. The Labute approximate surface area is 113 Å². The molecular formula is C14H21N2OS+. The third-order valence-corrected chi connectivity index (χ3v) is 4.41. The zero-order chi connectivity index (χ0) is 13.0. The number of rotatable bonds is 5. The second-order valence-electron chi connectivity index (χ2n) is 4.65. The standard InChI is InChI=1S/C14H20N2OS/c1-3-15-7-8-16-13(17)10-18-14(16)12-6-4-5-11(2)9-12/h4-6,9,14-15H,3,7-8,10H2,1-2H3/p+1/t14-/m0/s1. The number of thioether (sulfide) groups is 1. The molecule has 1 aliphatic rings. The fourth-order valence-electron chi connectivity index (χ4n) is 2.23. The molecular weight excluding hydrogens is 244 g/mol. The van der Waals surface area contributed by atoms with Gasteiger partial charge >= 0.3 is 0 Å². The second kappa shape index (κ2) is 6.25. The summed E-state index contributed by atoms with van der Waals surface area (Å²) in [6.07, 6.45) is 0. The first-order chi connectivity index (χ1) is 8.72. The molecule has 0 saturated carbocycles. The lowest BCUT2D eigenvalue weighted by atomic mass is 10.1. The monoisotopic (exact) mass is 265 g/mol. The largest absolute Gasteiger partial charge is 0.345 e. The van der Waals surface area contributed by atoms with Gasteiger partial charge in [0.05, 0.1) is 25.4 Å². The summed E-state index contributed by atoms with van der Waals surface area (Å²) in [5.74, 6) is 0.890. The lowest BCUT2D eigenvalue weighted by molar-refractivity contribution is -0.651. The number of likely N-dealkylation sites (N-methyl/N-ethyl adjacent to an activating group) is 1. The summed E-state index contributed by atoms with van der Waals surface area (Å²) in [4.78, 5) is 13.9. The van der Waals surface area contributed by atoms with E-state index in [1.807, 2.05) is 4.90 Å². The summed E-state index contributed by atoms with van der Waals surface area (Å²) in [6.45, 7) is 7.15. The van der Waals surface area contributed by atoms with Crippen LogP contribution < -0.4 is 5.32 Å². The first-order valence-corrected chi connectivity index (χ1v) is 7.56. The number of hydrogen-bond acceptors (Lipinski definition) is 2. The summed E-state index contributed by atoms with van der Waals surface area (Å²) in [6, 6.07) is 8.48. The Hall–Kier alpha value is -1.00. The van der Waals surface area contributed by atoms with Crippen LogP contribution in [0.15, 0.2) is 24.3 Å². The van der Waals surface area contributed by atoms with Crippen LogP contribution in [0.2, 0.25) is 0 Å². The van der Waals surface area contributed by atoms with E-state index in [0.717, 1.165) is 19.6 Å². The lowest BCUT2D eigenvalue weighted by Gasteiger charge is -2.23. The third-order valence-electron chi connectivity index (χ3n) is 3.16. The maximum Gasteiger partial charge on any atom is 0.234 e. The van der Waals surface area contributed by atoms with Crippen LogP contribution in [0.4, 0.5) is 0 Å². The van der Waals surface area contributed by atoms with Gasteiger partial charge in [-0.05, 0) is 19.4 Å². The van der Waals surface area contributed by atoms with Crippen molar-refractivity contribution in [1.82, 2.24) is 4.90 Å². The highest BCUT2D eigenvalue weighted by Gasteiger charge is 2.32. The molecule has 1 aromatic rings. The first kappa shape index (κ1) is 13.4. The Balaban J connectivity index is 2.08. The van der Waals surface area contributed by atoms with Crippen molar-refractivity contribution in [2.45, 2.75) is 19.2 Å². The van der Waals surface area contributed by atoms with Gasteiger partial charge in [-0.1, -0.05) is 29.8 Å². The zero-order valence-corrected chi connectivity index (χ0v) is 11.9. The van der Waals surface area contributed by atoms with E-state index in [1.165, 1.54) is 11.1 Å². The summed E-state index contributed by atoms with van der Waals surface area (Å²) >= 11 is 1.74. The Morgan fingerprint density at radius 3 is 3.06 bits per heavy atom. The minimum atomic E-state index is 0.211. The zero-order valence-electron chi connectivity index (χ0n) is 11.1.